The lowest BCUT2D eigenvalue weighted by Crippen LogP contribution is -2.68. The molecule has 2 saturated heterocycles. The van der Waals surface area contributed by atoms with E-state index in [1.165, 1.54) is 4.90 Å². The molecule has 1 spiro atoms. The van der Waals surface area contributed by atoms with E-state index in [0.29, 0.717) is 39.3 Å². The van der Waals surface area contributed by atoms with Gasteiger partial charge in [0.25, 0.3) is 0 Å². The Kier molecular flexibility index (Phi) is 4.41. The summed E-state index contributed by atoms with van der Waals surface area (Å²) in [6.45, 7) is 4.25. The van der Waals surface area contributed by atoms with Crippen molar-refractivity contribution in [2.75, 3.05) is 52.7 Å². The number of hydrogen-bond acceptors (Lipinski definition) is 5. The summed E-state index contributed by atoms with van der Waals surface area (Å²) in [6.07, 6.45) is 0.678. The van der Waals surface area contributed by atoms with Gasteiger partial charge in [0.15, 0.2) is 9.84 Å². The molecule has 2 aliphatic rings. The van der Waals surface area contributed by atoms with E-state index in [9.17, 15) is 13.2 Å². The Morgan fingerprint density at radius 1 is 1.40 bits per heavy atom. The summed E-state index contributed by atoms with van der Waals surface area (Å²) in [5.74, 6) is 0.329. The smallest absolute Gasteiger partial charge is 0.236 e. The van der Waals surface area contributed by atoms with Gasteiger partial charge in [0.05, 0.1) is 18.9 Å². The molecule has 0 aromatic heterocycles. The number of amides is 1. The quantitative estimate of drug-likeness (QED) is 0.691. The first-order valence-corrected chi connectivity index (χ1v) is 8.70. The van der Waals surface area contributed by atoms with Crippen molar-refractivity contribution in [3.8, 4) is 0 Å². The molecule has 0 saturated carbocycles. The van der Waals surface area contributed by atoms with Crippen molar-refractivity contribution in [3.05, 3.63) is 0 Å². The lowest BCUT2D eigenvalue weighted by atomic mass is 9.83. The molecule has 7 heteroatoms. The Morgan fingerprint density at radius 3 is 2.60 bits per heavy atom. The highest BCUT2D eigenvalue weighted by Crippen LogP contribution is 2.44. The van der Waals surface area contributed by atoms with E-state index in [-0.39, 0.29) is 17.6 Å². The minimum absolute atomic E-state index is 0.0107. The van der Waals surface area contributed by atoms with Crippen LogP contribution in [0.5, 0.6) is 0 Å². The van der Waals surface area contributed by atoms with Crippen LogP contribution in [0.3, 0.4) is 0 Å². The molecule has 2 fully saturated rings. The van der Waals surface area contributed by atoms with Crippen molar-refractivity contribution in [2.45, 2.75) is 18.1 Å². The highest BCUT2D eigenvalue weighted by atomic mass is 32.2. The number of carbonyl (C=O) groups is 1. The Balaban J connectivity index is 2.01. The molecule has 2 rings (SSSR count). The molecule has 0 N–H and O–H groups in total. The van der Waals surface area contributed by atoms with Crippen molar-refractivity contribution in [3.63, 3.8) is 0 Å². The molecule has 1 unspecified atom stereocenters. The summed E-state index contributed by atoms with van der Waals surface area (Å²) in [5.41, 5.74) is 0. The van der Waals surface area contributed by atoms with Gasteiger partial charge in [-0.15, -0.1) is 0 Å². The van der Waals surface area contributed by atoms with E-state index in [1.54, 1.807) is 14.1 Å². The fourth-order valence-electron chi connectivity index (χ4n) is 3.12. The maximum absolute atomic E-state index is 12.3. The molecule has 0 aromatic rings. The van der Waals surface area contributed by atoms with Crippen LogP contribution in [0.25, 0.3) is 0 Å². The first-order valence-electron chi connectivity index (χ1n) is 7.05. The summed E-state index contributed by atoms with van der Waals surface area (Å²) in [7, 11) is 0.356. The Labute approximate surface area is 121 Å². The van der Waals surface area contributed by atoms with Crippen LogP contribution in [0.15, 0.2) is 0 Å². The van der Waals surface area contributed by atoms with Gasteiger partial charge < -0.3 is 9.64 Å². The molecule has 116 valence electrons. The van der Waals surface area contributed by atoms with Crippen molar-refractivity contribution in [1.29, 1.82) is 0 Å². The molecule has 1 amide bonds. The number of rotatable bonds is 5. The van der Waals surface area contributed by atoms with E-state index in [4.69, 9.17) is 4.74 Å². The van der Waals surface area contributed by atoms with Gasteiger partial charge in [0, 0.05) is 39.7 Å². The molecular weight excluding hydrogens is 280 g/mol. The summed E-state index contributed by atoms with van der Waals surface area (Å²) >= 11 is 0. The van der Waals surface area contributed by atoms with Crippen LogP contribution in [0.2, 0.25) is 0 Å². The third-order valence-corrected chi connectivity index (χ3v) is 7.07. The van der Waals surface area contributed by atoms with Gasteiger partial charge in [-0.25, -0.2) is 8.42 Å². The number of carbonyl (C=O) groups excluding carboxylic acids is 1. The van der Waals surface area contributed by atoms with Crippen molar-refractivity contribution in [1.82, 2.24) is 9.80 Å². The summed E-state index contributed by atoms with van der Waals surface area (Å²) < 4.78 is 29.4. The van der Waals surface area contributed by atoms with Crippen LogP contribution in [0.1, 0.15) is 13.3 Å². The Bertz CT molecular complexity index is 469. The maximum atomic E-state index is 12.3. The number of hydrogen-bond donors (Lipinski definition) is 0. The normalized spacial score (nSPS) is 27.4. The predicted molar refractivity (Wildman–Crippen MR) is 76.3 cm³/mol. The molecule has 6 nitrogen and oxygen atoms in total. The lowest BCUT2D eigenvalue weighted by Gasteiger charge is -2.49. The van der Waals surface area contributed by atoms with Crippen LogP contribution in [-0.4, -0.2) is 81.6 Å². The first kappa shape index (κ1) is 15.7. The lowest BCUT2D eigenvalue weighted by molar-refractivity contribution is -0.131. The number of nitrogens with zero attached hydrogens (tertiary/aromatic N) is 2. The zero-order valence-electron chi connectivity index (χ0n) is 12.5. The average Bonchev–Trinajstić information content (AvgIpc) is 2.58. The van der Waals surface area contributed by atoms with Crippen LogP contribution >= 0.6 is 0 Å². The monoisotopic (exact) mass is 304 g/mol. The maximum Gasteiger partial charge on any atom is 0.236 e. The molecule has 20 heavy (non-hydrogen) atoms. The summed E-state index contributed by atoms with van der Waals surface area (Å²) in [5, 5.41) is 0. The van der Waals surface area contributed by atoms with Crippen LogP contribution in [0, 0.1) is 5.92 Å². The van der Waals surface area contributed by atoms with Gasteiger partial charge in [0.2, 0.25) is 5.91 Å². The second-order valence-corrected chi connectivity index (χ2v) is 8.41. The highest BCUT2D eigenvalue weighted by molar-refractivity contribution is 7.93. The van der Waals surface area contributed by atoms with Gasteiger partial charge in [-0.2, -0.15) is 0 Å². The molecule has 0 aromatic carbocycles. The summed E-state index contributed by atoms with van der Waals surface area (Å²) in [6, 6.07) is 0. The molecule has 2 heterocycles. The van der Waals surface area contributed by atoms with Gasteiger partial charge >= 0.3 is 0 Å². The van der Waals surface area contributed by atoms with Crippen LogP contribution in [-0.2, 0) is 19.4 Å². The molecular formula is C13H24N2O4S. The number of ether oxygens (including phenoxy) is 1. The predicted octanol–water partition coefficient (Wildman–Crippen LogP) is -0.400. The second-order valence-electron chi connectivity index (χ2n) is 5.96. The molecule has 0 aliphatic carbocycles. The molecule has 0 bridgehead atoms. The van der Waals surface area contributed by atoms with Gasteiger partial charge in [-0.1, -0.05) is 0 Å². The van der Waals surface area contributed by atoms with Gasteiger partial charge in [0.1, 0.15) is 4.75 Å². The fourth-order valence-corrected chi connectivity index (χ4v) is 5.58. The number of sulfone groups is 1. The second kappa shape index (κ2) is 5.61. The van der Waals surface area contributed by atoms with E-state index in [2.05, 4.69) is 0 Å². The Morgan fingerprint density at radius 2 is 2.05 bits per heavy atom. The SMILES string of the molecule is CCOCC1CCS(=O)(=O)C12CN(CC(=O)N(C)C)C2. The van der Waals surface area contributed by atoms with Crippen molar-refractivity contribution >= 4 is 15.7 Å². The summed E-state index contributed by atoms with van der Waals surface area (Å²) in [4.78, 5) is 15.1. The van der Waals surface area contributed by atoms with E-state index in [1.807, 2.05) is 11.8 Å². The van der Waals surface area contributed by atoms with Crippen LogP contribution in [0.4, 0.5) is 0 Å². The van der Waals surface area contributed by atoms with Gasteiger partial charge in [-0.05, 0) is 13.3 Å². The van der Waals surface area contributed by atoms with E-state index < -0.39 is 14.6 Å². The molecule has 2 aliphatic heterocycles. The van der Waals surface area contributed by atoms with Crippen LogP contribution < -0.4 is 0 Å². The average molecular weight is 304 g/mol. The third kappa shape index (κ3) is 2.58. The molecule has 0 radical (unpaired) electrons. The van der Waals surface area contributed by atoms with Gasteiger partial charge in [-0.3, -0.25) is 9.69 Å². The zero-order valence-corrected chi connectivity index (χ0v) is 13.3. The van der Waals surface area contributed by atoms with E-state index in [0.717, 1.165) is 0 Å². The van der Waals surface area contributed by atoms with Crippen molar-refractivity contribution < 1.29 is 17.9 Å². The topological polar surface area (TPSA) is 66.9 Å². The fraction of sp³-hybridized carbons (Fsp3) is 0.923. The zero-order chi connectivity index (χ0) is 15.0. The third-order valence-electron chi connectivity index (χ3n) is 4.46. The highest BCUT2D eigenvalue weighted by Gasteiger charge is 2.61. The first-order chi connectivity index (χ1) is 9.32. The minimum atomic E-state index is -3.06. The standard InChI is InChI=1S/C13H24N2O4S/c1-4-19-8-11-5-6-20(17,18)13(11)9-15(10-13)7-12(16)14(2)3/h11H,4-10H2,1-3H3. The minimum Gasteiger partial charge on any atom is -0.381 e. The largest absolute Gasteiger partial charge is 0.381 e. The van der Waals surface area contributed by atoms with E-state index >= 15 is 0 Å². The van der Waals surface area contributed by atoms with Crippen molar-refractivity contribution in [2.24, 2.45) is 5.92 Å². The number of likely N-dealkylation sites (tertiary alicyclic amines) is 1. The number of likely N-dealkylation sites (N-methyl/N-ethyl adjacent to an activating group) is 1. The Hall–Kier alpha value is -0.660. The molecule has 1 atom stereocenters.